The van der Waals surface area contributed by atoms with Gasteiger partial charge in [0.25, 0.3) is 0 Å². The molecule has 70 valence electrons. The molecule has 1 aromatic heterocycles. The Morgan fingerprint density at radius 2 is 2.07 bits per heavy atom. The summed E-state index contributed by atoms with van der Waals surface area (Å²) in [6.07, 6.45) is 1.73. The molecule has 1 heterocycles. The van der Waals surface area contributed by atoms with Gasteiger partial charge in [-0.05, 0) is 23.7 Å². The van der Waals surface area contributed by atoms with E-state index in [2.05, 4.69) is 10.3 Å². The number of pyridine rings is 1. The average Bonchev–Trinajstić information content (AvgIpc) is 2.18. The lowest BCUT2D eigenvalue weighted by atomic mass is 10.1. The zero-order valence-corrected chi connectivity index (χ0v) is 8.21. The molecule has 3 nitrogen and oxygen atoms in total. The van der Waals surface area contributed by atoms with Crippen molar-refractivity contribution in [3.63, 3.8) is 0 Å². The molecule has 3 N–H and O–H groups in total. The third-order valence-corrected chi connectivity index (χ3v) is 2.02. The minimum absolute atomic E-state index is 0.230. The number of rotatable bonds is 1. The molecular weight excluding hydrogens is 194 g/mol. The summed E-state index contributed by atoms with van der Waals surface area (Å²) in [6, 6.07) is 9.87. The highest BCUT2D eigenvalue weighted by Crippen LogP contribution is 2.19. The number of nitrogens with one attached hydrogen (secondary N) is 1. The van der Waals surface area contributed by atoms with Gasteiger partial charge in [-0.25, -0.2) is 4.98 Å². The van der Waals surface area contributed by atoms with E-state index in [9.17, 15) is 0 Å². The smallest absolute Gasteiger partial charge is 0.169 e. The third kappa shape index (κ3) is 1.65. The number of hydrogen-bond acceptors (Lipinski definition) is 2. The molecule has 0 aliphatic carbocycles. The van der Waals surface area contributed by atoms with Crippen molar-refractivity contribution in [1.82, 2.24) is 4.98 Å². The number of thiocarbonyl (C=S) groups is 1. The maximum absolute atomic E-state index is 5.40. The zero-order valence-electron chi connectivity index (χ0n) is 7.40. The monoisotopic (exact) mass is 203 g/mol. The van der Waals surface area contributed by atoms with Gasteiger partial charge in [-0.15, -0.1) is 0 Å². The van der Waals surface area contributed by atoms with Crippen LogP contribution in [0.2, 0.25) is 0 Å². The lowest BCUT2D eigenvalue weighted by molar-refractivity contribution is 1.35. The van der Waals surface area contributed by atoms with E-state index in [4.69, 9.17) is 18.0 Å². The van der Waals surface area contributed by atoms with Crippen molar-refractivity contribution >= 4 is 33.9 Å². The first-order chi connectivity index (χ1) is 6.77. The van der Waals surface area contributed by atoms with E-state index < -0.39 is 0 Å². The summed E-state index contributed by atoms with van der Waals surface area (Å²) in [5.74, 6) is 0.704. The maximum Gasteiger partial charge on any atom is 0.169 e. The lowest BCUT2D eigenvalue weighted by Gasteiger charge is -2.05. The summed E-state index contributed by atoms with van der Waals surface area (Å²) in [4.78, 5) is 4.17. The number of hydrogen-bond donors (Lipinski definition) is 2. The topological polar surface area (TPSA) is 50.9 Å². The van der Waals surface area contributed by atoms with Crippen LogP contribution in [0.15, 0.2) is 36.5 Å². The van der Waals surface area contributed by atoms with Crippen LogP contribution in [-0.2, 0) is 0 Å². The highest BCUT2D eigenvalue weighted by Gasteiger charge is 2.00. The van der Waals surface area contributed by atoms with Gasteiger partial charge in [-0.3, -0.25) is 0 Å². The molecule has 0 radical (unpaired) electrons. The van der Waals surface area contributed by atoms with Gasteiger partial charge in [-0.1, -0.05) is 24.3 Å². The quantitative estimate of drug-likeness (QED) is 0.695. The Bertz CT molecular complexity index is 476. The average molecular weight is 203 g/mol. The second-order valence-corrected chi connectivity index (χ2v) is 3.31. The van der Waals surface area contributed by atoms with Crippen LogP contribution in [0.3, 0.4) is 0 Å². The molecule has 0 unspecified atom stereocenters. The van der Waals surface area contributed by atoms with Gasteiger partial charge < -0.3 is 11.1 Å². The maximum atomic E-state index is 5.40. The summed E-state index contributed by atoms with van der Waals surface area (Å²) in [5, 5.41) is 5.21. The molecule has 0 spiro atoms. The predicted octanol–water partition coefficient (Wildman–Crippen LogP) is 1.89. The molecule has 4 heteroatoms. The molecule has 0 amide bonds. The van der Waals surface area contributed by atoms with Crippen molar-refractivity contribution in [2.24, 2.45) is 5.73 Å². The van der Waals surface area contributed by atoms with Gasteiger partial charge in [0.15, 0.2) is 5.11 Å². The zero-order chi connectivity index (χ0) is 9.97. The van der Waals surface area contributed by atoms with E-state index in [0.717, 1.165) is 10.8 Å². The lowest BCUT2D eigenvalue weighted by Crippen LogP contribution is -2.19. The SMILES string of the molecule is NC(=S)Nc1nccc2ccccc12. The highest BCUT2D eigenvalue weighted by molar-refractivity contribution is 7.80. The van der Waals surface area contributed by atoms with Crippen LogP contribution >= 0.6 is 12.2 Å². The number of aromatic nitrogens is 1. The fraction of sp³-hybridized carbons (Fsp3) is 0. The van der Waals surface area contributed by atoms with E-state index in [-0.39, 0.29) is 5.11 Å². The van der Waals surface area contributed by atoms with Gasteiger partial charge >= 0.3 is 0 Å². The van der Waals surface area contributed by atoms with Crippen molar-refractivity contribution in [2.45, 2.75) is 0 Å². The minimum Gasteiger partial charge on any atom is -0.376 e. The number of nitrogens with zero attached hydrogens (tertiary/aromatic N) is 1. The molecule has 0 aliphatic rings. The van der Waals surface area contributed by atoms with Crippen LogP contribution < -0.4 is 11.1 Å². The standard InChI is InChI=1S/C10H9N3S/c11-10(14)13-9-8-4-2-1-3-7(8)5-6-12-9/h1-6H,(H3,11,12,13,14). The predicted molar refractivity (Wildman–Crippen MR) is 62.2 cm³/mol. The molecule has 0 bridgehead atoms. The van der Waals surface area contributed by atoms with Gasteiger partial charge in [0.05, 0.1) is 0 Å². The Kier molecular flexibility index (Phi) is 2.28. The van der Waals surface area contributed by atoms with Crippen molar-refractivity contribution < 1.29 is 0 Å². The van der Waals surface area contributed by atoms with Crippen LogP contribution in [0, 0.1) is 0 Å². The summed E-state index contributed by atoms with van der Waals surface area (Å²) >= 11 is 4.77. The number of benzene rings is 1. The van der Waals surface area contributed by atoms with Gasteiger partial charge in [0.2, 0.25) is 0 Å². The van der Waals surface area contributed by atoms with Crippen molar-refractivity contribution in [3.8, 4) is 0 Å². The summed E-state index contributed by atoms with van der Waals surface area (Å²) in [5.41, 5.74) is 5.40. The van der Waals surface area contributed by atoms with Crippen molar-refractivity contribution in [3.05, 3.63) is 36.5 Å². The fourth-order valence-corrected chi connectivity index (χ4v) is 1.43. The Balaban J connectivity index is 2.59. The largest absolute Gasteiger partial charge is 0.376 e. The molecule has 0 saturated heterocycles. The Labute approximate surface area is 86.9 Å². The van der Waals surface area contributed by atoms with Crippen LogP contribution in [0.25, 0.3) is 10.8 Å². The van der Waals surface area contributed by atoms with Crippen LogP contribution in [-0.4, -0.2) is 10.1 Å². The van der Waals surface area contributed by atoms with E-state index >= 15 is 0 Å². The van der Waals surface area contributed by atoms with Crippen molar-refractivity contribution in [2.75, 3.05) is 5.32 Å². The molecular formula is C10H9N3S. The van der Waals surface area contributed by atoms with Crippen LogP contribution in [0.1, 0.15) is 0 Å². The van der Waals surface area contributed by atoms with Crippen LogP contribution in [0.5, 0.6) is 0 Å². The molecule has 14 heavy (non-hydrogen) atoms. The number of nitrogens with two attached hydrogens (primary N) is 1. The summed E-state index contributed by atoms with van der Waals surface area (Å²) in [6.45, 7) is 0. The summed E-state index contributed by atoms with van der Waals surface area (Å²) < 4.78 is 0. The van der Waals surface area contributed by atoms with Gasteiger partial charge in [0.1, 0.15) is 5.82 Å². The van der Waals surface area contributed by atoms with Crippen LogP contribution in [0.4, 0.5) is 5.82 Å². The first-order valence-electron chi connectivity index (χ1n) is 4.17. The molecule has 2 aromatic rings. The fourth-order valence-electron chi connectivity index (χ4n) is 1.34. The Hall–Kier alpha value is -1.68. The first kappa shape index (κ1) is 8.90. The van der Waals surface area contributed by atoms with E-state index in [1.807, 2.05) is 30.3 Å². The third-order valence-electron chi connectivity index (χ3n) is 1.92. The van der Waals surface area contributed by atoms with E-state index in [1.165, 1.54) is 0 Å². The molecule has 0 atom stereocenters. The van der Waals surface area contributed by atoms with Gasteiger partial charge in [0, 0.05) is 11.6 Å². The van der Waals surface area contributed by atoms with E-state index in [1.54, 1.807) is 6.20 Å². The molecule has 0 saturated carbocycles. The highest BCUT2D eigenvalue weighted by atomic mass is 32.1. The molecule has 2 rings (SSSR count). The van der Waals surface area contributed by atoms with Crippen molar-refractivity contribution in [1.29, 1.82) is 0 Å². The first-order valence-corrected chi connectivity index (χ1v) is 4.58. The molecule has 0 aliphatic heterocycles. The summed E-state index contributed by atoms with van der Waals surface area (Å²) in [7, 11) is 0. The second kappa shape index (κ2) is 3.59. The second-order valence-electron chi connectivity index (χ2n) is 2.87. The molecule has 0 fully saturated rings. The number of fused-ring (bicyclic) bond motifs is 1. The molecule has 1 aromatic carbocycles. The van der Waals surface area contributed by atoms with Gasteiger partial charge in [-0.2, -0.15) is 0 Å². The normalized spacial score (nSPS) is 10.0. The Morgan fingerprint density at radius 1 is 1.29 bits per heavy atom. The Morgan fingerprint density at radius 3 is 2.86 bits per heavy atom. The number of anilines is 1. The minimum atomic E-state index is 0.230. The van der Waals surface area contributed by atoms with E-state index in [0.29, 0.717) is 5.82 Å².